The molecular formula is C13H24N2. The van der Waals surface area contributed by atoms with E-state index in [2.05, 4.69) is 4.90 Å². The van der Waals surface area contributed by atoms with Gasteiger partial charge in [0.2, 0.25) is 0 Å². The molecule has 3 aliphatic carbocycles. The second-order valence-electron chi connectivity index (χ2n) is 5.98. The van der Waals surface area contributed by atoms with E-state index < -0.39 is 0 Å². The van der Waals surface area contributed by atoms with Crippen LogP contribution in [-0.2, 0) is 0 Å². The fourth-order valence-electron chi connectivity index (χ4n) is 2.73. The van der Waals surface area contributed by atoms with Crippen molar-refractivity contribution in [1.29, 1.82) is 0 Å². The highest BCUT2D eigenvalue weighted by Gasteiger charge is 2.38. The molecule has 86 valence electrons. The van der Waals surface area contributed by atoms with Gasteiger partial charge in [0.15, 0.2) is 0 Å². The summed E-state index contributed by atoms with van der Waals surface area (Å²) in [4.78, 5) is 2.76. The minimum absolute atomic E-state index is 0.728. The zero-order chi connectivity index (χ0) is 10.3. The van der Waals surface area contributed by atoms with Crippen molar-refractivity contribution >= 4 is 0 Å². The third-order valence-corrected chi connectivity index (χ3v) is 4.26. The summed E-state index contributed by atoms with van der Waals surface area (Å²) in [6.45, 7) is 3.60. The number of nitrogens with zero attached hydrogens (tertiary/aromatic N) is 1. The van der Waals surface area contributed by atoms with Gasteiger partial charge in [-0.15, -0.1) is 0 Å². The minimum atomic E-state index is 0.728. The van der Waals surface area contributed by atoms with Gasteiger partial charge in [0, 0.05) is 25.7 Å². The molecular weight excluding hydrogens is 184 g/mol. The molecule has 0 saturated heterocycles. The van der Waals surface area contributed by atoms with Crippen molar-refractivity contribution in [3.05, 3.63) is 0 Å². The predicted octanol–water partition coefficient (Wildman–Crippen LogP) is 1.85. The van der Waals surface area contributed by atoms with Gasteiger partial charge in [0.25, 0.3) is 0 Å². The van der Waals surface area contributed by atoms with Crippen LogP contribution in [0.1, 0.15) is 38.5 Å². The smallest absolute Gasteiger partial charge is 0.0246 e. The fourth-order valence-corrected chi connectivity index (χ4v) is 2.73. The first-order valence-electron chi connectivity index (χ1n) is 6.81. The van der Waals surface area contributed by atoms with Gasteiger partial charge in [0.1, 0.15) is 0 Å². The molecule has 0 aromatic heterocycles. The Labute approximate surface area is 93.2 Å². The molecule has 3 saturated carbocycles. The Morgan fingerprint density at radius 1 is 0.933 bits per heavy atom. The van der Waals surface area contributed by atoms with Crippen molar-refractivity contribution in [2.75, 3.05) is 19.6 Å². The summed E-state index contributed by atoms with van der Waals surface area (Å²) < 4.78 is 0. The van der Waals surface area contributed by atoms with Crippen LogP contribution in [0.15, 0.2) is 0 Å². The standard InChI is InChI=1S/C13H24N2/c14-7-13(12-5-6-12)15(8-10-1-2-10)9-11-3-4-11/h10-13H,1-9,14H2. The highest BCUT2D eigenvalue weighted by molar-refractivity contribution is 4.93. The van der Waals surface area contributed by atoms with Gasteiger partial charge in [-0.2, -0.15) is 0 Å². The Bertz CT molecular complexity index is 203. The molecule has 0 aromatic rings. The van der Waals surface area contributed by atoms with E-state index in [4.69, 9.17) is 5.73 Å². The maximum atomic E-state index is 5.97. The van der Waals surface area contributed by atoms with Crippen molar-refractivity contribution in [1.82, 2.24) is 4.90 Å². The lowest BCUT2D eigenvalue weighted by Gasteiger charge is -2.31. The maximum Gasteiger partial charge on any atom is 0.0246 e. The summed E-state index contributed by atoms with van der Waals surface area (Å²) in [5.41, 5.74) is 5.97. The Balaban J connectivity index is 1.57. The normalized spacial score (nSPS) is 28.4. The van der Waals surface area contributed by atoms with E-state index in [-0.39, 0.29) is 0 Å². The fraction of sp³-hybridized carbons (Fsp3) is 1.00. The molecule has 15 heavy (non-hydrogen) atoms. The Morgan fingerprint density at radius 2 is 1.47 bits per heavy atom. The summed E-state index contributed by atoms with van der Waals surface area (Å²) in [6, 6.07) is 0.728. The van der Waals surface area contributed by atoms with Gasteiger partial charge in [-0.25, -0.2) is 0 Å². The number of rotatable bonds is 7. The van der Waals surface area contributed by atoms with E-state index in [1.165, 1.54) is 51.6 Å². The maximum absolute atomic E-state index is 5.97. The zero-order valence-corrected chi connectivity index (χ0v) is 9.70. The van der Waals surface area contributed by atoms with E-state index in [1.807, 2.05) is 0 Å². The van der Waals surface area contributed by atoms with E-state index >= 15 is 0 Å². The molecule has 0 heterocycles. The topological polar surface area (TPSA) is 29.3 Å². The van der Waals surface area contributed by atoms with Gasteiger partial charge in [-0.3, -0.25) is 4.90 Å². The molecule has 2 N–H and O–H groups in total. The molecule has 0 aromatic carbocycles. The minimum Gasteiger partial charge on any atom is -0.329 e. The first kappa shape index (κ1) is 10.1. The Kier molecular flexibility index (Phi) is 2.73. The number of hydrogen-bond donors (Lipinski definition) is 1. The molecule has 3 fully saturated rings. The largest absolute Gasteiger partial charge is 0.329 e. The molecule has 2 heteroatoms. The van der Waals surface area contributed by atoms with Crippen LogP contribution in [0.25, 0.3) is 0 Å². The zero-order valence-electron chi connectivity index (χ0n) is 9.70. The lowest BCUT2D eigenvalue weighted by Crippen LogP contribution is -2.44. The number of hydrogen-bond acceptors (Lipinski definition) is 2. The van der Waals surface area contributed by atoms with E-state index in [9.17, 15) is 0 Å². The van der Waals surface area contributed by atoms with Gasteiger partial charge >= 0.3 is 0 Å². The van der Waals surface area contributed by atoms with Crippen LogP contribution >= 0.6 is 0 Å². The monoisotopic (exact) mass is 208 g/mol. The second kappa shape index (κ2) is 4.06. The summed E-state index contributed by atoms with van der Waals surface area (Å²) in [5, 5.41) is 0. The van der Waals surface area contributed by atoms with Crippen LogP contribution in [-0.4, -0.2) is 30.6 Å². The first-order chi connectivity index (χ1) is 7.36. The van der Waals surface area contributed by atoms with Gasteiger partial charge in [-0.05, 0) is 56.3 Å². The van der Waals surface area contributed by atoms with Crippen molar-refractivity contribution in [3.63, 3.8) is 0 Å². The molecule has 0 radical (unpaired) electrons. The van der Waals surface area contributed by atoms with E-state index in [0.29, 0.717) is 0 Å². The van der Waals surface area contributed by atoms with Crippen LogP contribution in [0.4, 0.5) is 0 Å². The third kappa shape index (κ3) is 2.73. The molecule has 0 amide bonds. The SMILES string of the molecule is NCC(C1CC1)N(CC1CC1)CC1CC1. The van der Waals surface area contributed by atoms with Crippen LogP contribution in [0.3, 0.4) is 0 Å². The molecule has 0 aliphatic heterocycles. The average Bonchev–Trinajstić information content (AvgIpc) is 3.07. The molecule has 3 aliphatic rings. The molecule has 3 rings (SSSR count). The third-order valence-electron chi connectivity index (χ3n) is 4.26. The van der Waals surface area contributed by atoms with Crippen LogP contribution in [0.2, 0.25) is 0 Å². The van der Waals surface area contributed by atoms with Crippen molar-refractivity contribution in [2.45, 2.75) is 44.6 Å². The summed E-state index contributed by atoms with van der Waals surface area (Å²) in [7, 11) is 0. The lowest BCUT2D eigenvalue weighted by atomic mass is 10.1. The van der Waals surface area contributed by atoms with Crippen molar-refractivity contribution in [3.8, 4) is 0 Å². The second-order valence-corrected chi connectivity index (χ2v) is 5.98. The highest BCUT2D eigenvalue weighted by atomic mass is 15.2. The molecule has 0 spiro atoms. The van der Waals surface area contributed by atoms with Gasteiger partial charge in [0.05, 0.1) is 0 Å². The van der Waals surface area contributed by atoms with Crippen molar-refractivity contribution < 1.29 is 0 Å². The van der Waals surface area contributed by atoms with Gasteiger partial charge in [-0.1, -0.05) is 0 Å². The van der Waals surface area contributed by atoms with Crippen LogP contribution < -0.4 is 5.73 Å². The highest BCUT2D eigenvalue weighted by Crippen LogP contribution is 2.40. The van der Waals surface area contributed by atoms with Crippen LogP contribution in [0.5, 0.6) is 0 Å². The lowest BCUT2D eigenvalue weighted by molar-refractivity contribution is 0.166. The summed E-state index contributed by atoms with van der Waals surface area (Å²) in [5.74, 6) is 3.00. The summed E-state index contributed by atoms with van der Waals surface area (Å²) in [6.07, 6.45) is 8.78. The molecule has 1 unspecified atom stereocenters. The summed E-state index contributed by atoms with van der Waals surface area (Å²) >= 11 is 0. The molecule has 1 atom stereocenters. The quantitative estimate of drug-likeness (QED) is 0.692. The Morgan fingerprint density at radius 3 is 1.80 bits per heavy atom. The molecule has 0 bridgehead atoms. The predicted molar refractivity (Wildman–Crippen MR) is 62.6 cm³/mol. The molecule has 2 nitrogen and oxygen atoms in total. The van der Waals surface area contributed by atoms with E-state index in [0.717, 1.165) is 30.3 Å². The number of nitrogens with two attached hydrogens (primary N) is 1. The first-order valence-corrected chi connectivity index (χ1v) is 6.81. The average molecular weight is 208 g/mol. The van der Waals surface area contributed by atoms with E-state index in [1.54, 1.807) is 0 Å². The van der Waals surface area contributed by atoms with Crippen LogP contribution in [0, 0.1) is 17.8 Å². The Hall–Kier alpha value is -0.0800. The van der Waals surface area contributed by atoms with Crippen molar-refractivity contribution in [2.24, 2.45) is 23.5 Å². The van der Waals surface area contributed by atoms with Gasteiger partial charge < -0.3 is 5.73 Å².